The number of hydrogen-bond acceptors (Lipinski definition) is 2. The van der Waals surface area contributed by atoms with Gasteiger partial charge >= 0.3 is 0 Å². The van der Waals surface area contributed by atoms with E-state index in [0.29, 0.717) is 0 Å². The smallest absolute Gasteiger partial charge is 0.187 e. The van der Waals surface area contributed by atoms with Crippen LogP contribution in [-0.2, 0) is 0 Å². The molecule has 0 aliphatic carbocycles. The summed E-state index contributed by atoms with van der Waals surface area (Å²) < 4.78 is 0. The molecule has 0 bridgehead atoms. The van der Waals surface area contributed by atoms with Gasteiger partial charge in [0.1, 0.15) is 5.91 Å². The van der Waals surface area contributed by atoms with Crippen molar-refractivity contribution in [2.24, 2.45) is 0 Å². The van der Waals surface area contributed by atoms with E-state index in [1.54, 1.807) is 0 Å². The average Bonchev–Trinajstić information content (AvgIpc) is 2.40. The van der Waals surface area contributed by atoms with Crippen LogP contribution >= 0.6 is 0 Å². The molecule has 0 aliphatic heterocycles. The van der Waals surface area contributed by atoms with E-state index in [-0.39, 0.29) is 5.04 Å². The molecule has 2 N–H and O–H groups in total. The molecule has 0 saturated heterocycles. The normalized spacial score (nSPS) is 12.7. The lowest BCUT2D eigenvalue weighted by atomic mass is 10.2. The van der Waals surface area contributed by atoms with Crippen molar-refractivity contribution in [1.82, 2.24) is 0 Å². The molecule has 2 aromatic carbocycles. The summed E-state index contributed by atoms with van der Waals surface area (Å²) in [5.41, 5.74) is 0. The van der Waals surface area contributed by atoms with Crippen LogP contribution in [-0.4, -0.2) is 24.2 Å². The monoisotopic (exact) mass is 286 g/mol. The quantitative estimate of drug-likeness (QED) is 0.668. The van der Waals surface area contributed by atoms with Crippen LogP contribution in [0.25, 0.3) is 0 Å². The summed E-state index contributed by atoms with van der Waals surface area (Å²) in [6.07, 6.45) is 0. The molecule has 0 atom stereocenters. The number of benzene rings is 2. The van der Waals surface area contributed by atoms with Crippen molar-refractivity contribution >= 4 is 18.4 Å². The van der Waals surface area contributed by atoms with Gasteiger partial charge in [-0.1, -0.05) is 81.4 Å². The van der Waals surface area contributed by atoms with Gasteiger partial charge in [0.2, 0.25) is 0 Å². The van der Waals surface area contributed by atoms with Crippen LogP contribution in [0.1, 0.15) is 20.8 Å². The van der Waals surface area contributed by atoms with Crippen molar-refractivity contribution in [2.75, 3.05) is 0 Å². The molecule has 2 aromatic rings. The van der Waals surface area contributed by atoms with E-state index in [1.807, 2.05) is 60.7 Å². The highest BCUT2D eigenvalue weighted by Crippen LogP contribution is 2.37. The summed E-state index contributed by atoms with van der Waals surface area (Å²) in [5.74, 6) is -1.34. The van der Waals surface area contributed by atoms with Gasteiger partial charge in [0, 0.05) is 0 Å². The van der Waals surface area contributed by atoms with Crippen LogP contribution < -0.4 is 10.4 Å². The maximum absolute atomic E-state index is 10.3. The van der Waals surface area contributed by atoms with E-state index < -0.39 is 14.0 Å². The highest BCUT2D eigenvalue weighted by atomic mass is 28.3. The Balaban J connectivity index is 2.78. The van der Waals surface area contributed by atoms with E-state index in [0.717, 1.165) is 10.4 Å². The summed E-state index contributed by atoms with van der Waals surface area (Å²) in [5, 5.41) is 22.5. The Bertz CT molecular complexity index is 505. The van der Waals surface area contributed by atoms with Crippen LogP contribution in [0.2, 0.25) is 5.04 Å². The predicted octanol–water partition coefficient (Wildman–Crippen LogP) is 1.90. The van der Waals surface area contributed by atoms with Crippen molar-refractivity contribution in [3.8, 4) is 0 Å². The lowest BCUT2D eigenvalue weighted by Gasteiger charge is -2.44. The van der Waals surface area contributed by atoms with Crippen molar-refractivity contribution in [1.29, 1.82) is 0 Å². The molecule has 2 nitrogen and oxygen atoms in total. The second kappa shape index (κ2) is 5.52. The van der Waals surface area contributed by atoms with Gasteiger partial charge in [-0.05, 0) is 15.4 Å². The molecule has 0 spiro atoms. The summed E-state index contributed by atoms with van der Waals surface area (Å²) in [7, 11) is -2.72. The SMILES string of the molecule is CC(C)(C)[Si](c1ccccc1)(c1ccccc1)C(O)O. The molecule has 0 aromatic heterocycles. The molecule has 0 amide bonds. The Morgan fingerprint density at radius 1 is 0.750 bits per heavy atom. The molecule has 20 heavy (non-hydrogen) atoms. The summed E-state index contributed by atoms with van der Waals surface area (Å²) in [6.45, 7) is 6.29. The van der Waals surface area contributed by atoms with E-state index in [1.165, 1.54) is 0 Å². The van der Waals surface area contributed by atoms with E-state index in [4.69, 9.17) is 0 Å². The zero-order valence-electron chi connectivity index (χ0n) is 12.2. The third kappa shape index (κ3) is 2.33. The first-order valence-electron chi connectivity index (χ1n) is 6.88. The van der Waals surface area contributed by atoms with Gasteiger partial charge in [0.15, 0.2) is 8.07 Å². The molecule has 0 aliphatic rings. The van der Waals surface area contributed by atoms with Crippen LogP contribution in [0.15, 0.2) is 60.7 Å². The van der Waals surface area contributed by atoms with Crippen LogP contribution in [0.3, 0.4) is 0 Å². The fraction of sp³-hybridized carbons (Fsp3) is 0.294. The standard InChI is InChI=1S/C17H22O2Si/c1-17(2,3)20(16(18)19,14-10-6-4-7-11-14)15-12-8-5-9-13-15/h4-13,16,18-19H,1-3H3. The summed E-state index contributed by atoms with van der Waals surface area (Å²) >= 11 is 0. The minimum atomic E-state index is -2.72. The topological polar surface area (TPSA) is 40.5 Å². The van der Waals surface area contributed by atoms with Gasteiger partial charge in [0.25, 0.3) is 0 Å². The van der Waals surface area contributed by atoms with Crippen LogP contribution in [0.4, 0.5) is 0 Å². The molecule has 2 rings (SSSR count). The third-order valence-corrected chi connectivity index (χ3v) is 9.66. The second-order valence-corrected chi connectivity index (χ2v) is 11.0. The highest BCUT2D eigenvalue weighted by molar-refractivity contribution is 7.04. The van der Waals surface area contributed by atoms with Gasteiger partial charge in [-0.25, -0.2) is 0 Å². The van der Waals surface area contributed by atoms with Gasteiger partial charge in [-0.15, -0.1) is 0 Å². The minimum absolute atomic E-state index is 0.218. The fourth-order valence-corrected chi connectivity index (χ4v) is 7.99. The second-order valence-electron chi connectivity index (χ2n) is 6.16. The van der Waals surface area contributed by atoms with Gasteiger partial charge in [-0.2, -0.15) is 0 Å². The predicted molar refractivity (Wildman–Crippen MR) is 85.8 cm³/mol. The lowest BCUT2D eigenvalue weighted by molar-refractivity contribution is 0.0211. The molecule has 106 valence electrons. The molecule has 0 heterocycles. The number of aliphatic hydroxyl groups is 2. The Labute approximate surface area is 121 Å². The molecule has 3 heteroatoms. The van der Waals surface area contributed by atoms with Crippen molar-refractivity contribution < 1.29 is 10.2 Å². The molecule has 0 fully saturated rings. The van der Waals surface area contributed by atoms with Crippen molar-refractivity contribution in [3.05, 3.63) is 60.7 Å². The number of aliphatic hydroxyl groups excluding tert-OH is 1. The first-order chi connectivity index (χ1) is 9.40. The maximum Gasteiger partial charge on any atom is 0.187 e. The molecule has 0 unspecified atom stereocenters. The largest absolute Gasteiger partial charge is 0.371 e. The summed E-state index contributed by atoms with van der Waals surface area (Å²) in [6, 6.07) is 19.9. The first kappa shape index (κ1) is 15.0. The third-order valence-electron chi connectivity index (χ3n) is 4.03. The first-order valence-corrected chi connectivity index (χ1v) is 8.95. The van der Waals surface area contributed by atoms with Gasteiger partial charge in [-0.3, -0.25) is 0 Å². The van der Waals surface area contributed by atoms with Crippen molar-refractivity contribution in [3.63, 3.8) is 0 Å². The molecule has 0 radical (unpaired) electrons. The Morgan fingerprint density at radius 3 is 1.35 bits per heavy atom. The maximum atomic E-state index is 10.3. The average molecular weight is 286 g/mol. The van der Waals surface area contributed by atoms with E-state index in [9.17, 15) is 10.2 Å². The van der Waals surface area contributed by atoms with Crippen LogP contribution in [0, 0.1) is 0 Å². The zero-order valence-corrected chi connectivity index (χ0v) is 13.2. The highest BCUT2D eigenvalue weighted by Gasteiger charge is 2.53. The Hall–Kier alpha value is -1.42. The molecular weight excluding hydrogens is 264 g/mol. The van der Waals surface area contributed by atoms with Gasteiger partial charge < -0.3 is 10.2 Å². The Kier molecular flexibility index (Phi) is 4.13. The van der Waals surface area contributed by atoms with Crippen LogP contribution in [0.5, 0.6) is 0 Å². The van der Waals surface area contributed by atoms with E-state index >= 15 is 0 Å². The number of hydrogen-bond donors (Lipinski definition) is 2. The van der Waals surface area contributed by atoms with E-state index in [2.05, 4.69) is 20.8 Å². The fourth-order valence-electron chi connectivity index (χ4n) is 3.12. The Morgan fingerprint density at radius 2 is 1.10 bits per heavy atom. The molecule has 0 saturated carbocycles. The molecular formula is C17H22O2Si. The number of rotatable bonds is 3. The zero-order chi connectivity index (χ0) is 14.8. The minimum Gasteiger partial charge on any atom is -0.371 e. The summed E-state index contributed by atoms with van der Waals surface area (Å²) in [4.78, 5) is 0. The lowest BCUT2D eigenvalue weighted by Crippen LogP contribution is -2.71. The van der Waals surface area contributed by atoms with Crippen molar-refractivity contribution in [2.45, 2.75) is 31.7 Å². The van der Waals surface area contributed by atoms with Gasteiger partial charge in [0.05, 0.1) is 0 Å².